The van der Waals surface area contributed by atoms with Crippen LogP contribution in [0.25, 0.3) is 17.0 Å². The molecule has 2 aliphatic rings. The number of benzene rings is 2. The van der Waals surface area contributed by atoms with E-state index in [1.54, 1.807) is 0 Å². The van der Waals surface area contributed by atoms with E-state index in [-0.39, 0.29) is 5.92 Å². The fourth-order valence-corrected chi connectivity index (χ4v) is 16.1. The third-order valence-electron chi connectivity index (χ3n) is 9.23. The van der Waals surface area contributed by atoms with Gasteiger partial charge in [0.05, 0.1) is 6.04 Å². The maximum absolute atomic E-state index is 6.89. The normalized spacial score (nSPS) is 16.4. The third kappa shape index (κ3) is 9.36. The number of halogens is 2. The first kappa shape index (κ1) is 41.6. The molecule has 0 radical (unpaired) electrons. The van der Waals surface area contributed by atoms with E-state index in [9.17, 15) is 0 Å². The Morgan fingerprint density at radius 1 is 1.08 bits per heavy atom. The van der Waals surface area contributed by atoms with Crippen LogP contribution in [0, 0.1) is 24.3 Å². The summed E-state index contributed by atoms with van der Waals surface area (Å²) in [5.74, 6) is -0.0492. The van der Waals surface area contributed by atoms with Crippen LogP contribution in [-0.4, -0.2) is 42.7 Å². The molecule has 3 N–H and O–H groups in total. The first-order chi connectivity index (χ1) is 24.5. The van der Waals surface area contributed by atoms with Crippen molar-refractivity contribution in [2.75, 3.05) is 26.3 Å². The molecule has 6 nitrogen and oxygen atoms in total. The molecule has 1 saturated carbocycles. The van der Waals surface area contributed by atoms with Crippen LogP contribution in [0.1, 0.15) is 78.7 Å². The Balaban J connectivity index is 0.00000111. The van der Waals surface area contributed by atoms with E-state index in [4.69, 9.17) is 25.4 Å². The van der Waals surface area contributed by atoms with E-state index in [0.717, 1.165) is 78.2 Å². The Hall–Kier alpha value is -3.79. The summed E-state index contributed by atoms with van der Waals surface area (Å²) in [5, 5.41) is 4.30. The number of nitrogens with two attached hydrogens (primary N) is 1. The zero-order valence-electron chi connectivity index (χ0n) is 31.7. The van der Waals surface area contributed by atoms with Crippen molar-refractivity contribution in [3.8, 4) is 11.3 Å². The van der Waals surface area contributed by atoms with Gasteiger partial charge in [-0.15, -0.1) is 26.3 Å². The molecule has 2 aromatic carbocycles. The zero-order chi connectivity index (χ0) is 38.0. The first-order valence-electron chi connectivity index (χ1n) is 17.5. The van der Waals surface area contributed by atoms with Gasteiger partial charge in [0.1, 0.15) is 0 Å². The Bertz CT molecular complexity index is 1850. The summed E-state index contributed by atoms with van der Waals surface area (Å²) in [5.41, 5.74) is 16.9. The number of rotatable bonds is 11. The molecule has 1 saturated heterocycles. The number of nitrogens with zero attached hydrogens (tertiary/aromatic N) is 3. The van der Waals surface area contributed by atoms with Crippen LogP contribution in [0.2, 0.25) is 5.02 Å². The maximum Gasteiger partial charge on any atom is -0.0683 e. The molecule has 1 unspecified atom stereocenters. The second kappa shape index (κ2) is 18.1. The van der Waals surface area contributed by atoms with Gasteiger partial charge in [0, 0.05) is 0 Å². The fourth-order valence-electron chi connectivity index (χ4n) is 5.75. The Labute approximate surface area is 313 Å². The van der Waals surface area contributed by atoms with Crippen LogP contribution in [0.5, 0.6) is 0 Å². The number of aromatic nitrogens is 2. The summed E-state index contributed by atoms with van der Waals surface area (Å²) in [4.78, 5) is 16.9. The maximum atomic E-state index is 6.89. The minimum absolute atomic E-state index is 0.0492. The standard InChI is InChI=1S/C37H43ClIN5O.C2H6.2C2H4/c1-7-39(6,22-45-39)33-19-34(44-37(24(33)3)31-15-16-41-26(5)35(31)38)32(27-11-9-8-10-12-27)21-42-25(4)28-17-23(2)36(40)29(18-28)20-43-30-13-14-30;3*1-2/h8-12,15-20,30,32,42H,4,7,13-14,21-22,40H2,1-3,5-6H3;1-2H3;2*1-2H2. The molecule has 1 atom stereocenters. The van der Waals surface area contributed by atoms with Crippen molar-refractivity contribution in [3.63, 3.8) is 0 Å². The van der Waals surface area contributed by atoms with Crippen LogP contribution >= 0.6 is 29.1 Å². The monoisotopic (exact) mass is 821 g/mol. The molecule has 1 aliphatic carbocycles. The largest absolute Gasteiger partial charge is 0.0683 e. The van der Waals surface area contributed by atoms with Crippen LogP contribution in [-0.2, 0) is 3.07 Å². The van der Waals surface area contributed by atoms with E-state index < -0.39 is 17.5 Å². The van der Waals surface area contributed by atoms with E-state index in [1.165, 1.54) is 9.13 Å². The molecular formula is C43H57ClIN5O. The molecule has 8 heteroatoms. The van der Waals surface area contributed by atoms with Gasteiger partial charge in [0.2, 0.25) is 0 Å². The number of aliphatic imine (C=N–C) groups is 1. The molecule has 1 aliphatic heterocycles. The van der Waals surface area contributed by atoms with Gasteiger partial charge < -0.3 is 0 Å². The van der Waals surface area contributed by atoms with E-state index >= 15 is 0 Å². The van der Waals surface area contributed by atoms with Gasteiger partial charge in [-0.1, -0.05) is 13.8 Å². The average molecular weight is 822 g/mol. The minimum atomic E-state index is -3.23. The molecule has 6 rings (SSSR count). The number of nitrogen functional groups attached to an aromatic ring is 1. The van der Waals surface area contributed by atoms with Gasteiger partial charge in [-0.2, -0.15) is 0 Å². The van der Waals surface area contributed by atoms with E-state index in [1.807, 2.05) is 52.2 Å². The number of pyridine rings is 2. The molecule has 0 amide bonds. The summed E-state index contributed by atoms with van der Waals surface area (Å²) >= 11 is 3.65. The van der Waals surface area contributed by atoms with Crippen molar-refractivity contribution in [2.45, 2.75) is 66.3 Å². The number of hydrogen-bond donors (Lipinski definition) is 2. The number of alkyl halides is 3. The van der Waals surface area contributed by atoms with Gasteiger partial charge in [-0.25, -0.2) is 0 Å². The van der Waals surface area contributed by atoms with Crippen molar-refractivity contribution in [3.05, 3.63) is 141 Å². The van der Waals surface area contributed by atoms with Crippen molar-refractivity contribution >= 4 is 46.7 Å². The SMILES string of the molecule is C=C.C=C.C=C(NCC(c1ccccc1)c1cc(I2(C)(CC)CO2)c(C)c(-c2ccnc(C)c2Cl)n1)c1cc(C)c(N)c(C=NC2CC2)c1.CC. The number of aryl methyl sites for hydroxylation is 2. The molecule has 2 fully saturated rings. The molecule has 0 spiro atoms. The summed E-state index contributed by atoms with van der Waals surface area (Å²) in [6.45, 7) is 29.5. The van der Waals surface area contributed by atoms with Crippen molar-refractivity contribution in [1.82, 2.24) is 15.3 Å². The predicted molar refractivity (Wildman–Crippen MR) is 232 cm³/mol. The van der Waals surface area contributed by atoms with Crippen molar-refractivity contribution in [1.29, 1.82) is 0 Å². The van der Waals surface area contributed by atoms with E-state index in [0.29, 0.717) is 17.6 Å². The Morgan fingerprint density at radius 3 is 2.31 bits per heavy atom. The molecule has 4 aromatic rings. The van der Waals surface area contributed by atoms with Crippen LogP contribution in [0.15, 0.2) is 98.7 Å². The Kier molecular flexibility index (Phi) is 14.8. The van der Waals surface area contributed by atoms with Crippen LogP contribution in [0.4, 0.5) is 5.69 Å². The summed E-state index contributed by atoms with van der Waals surface area (Å²) in [6, 6.07) is 19.5. The fraction of sp³-hybridized carbons (Fsp3) is 0.326. The molecule has 274 valence electrons. The quantitative estimate of drug-likeness (QED) is 0.0393. The van der Waals surface area contributed by atoms with Crippen molar-refractivity contribution in [2.24, 2.45) is 4.99 Å². The number of anilines is 1. The molecule has 2 aromatic heterocycles. The van der Waals surface area contributed by atoms with Gasteiger partial charge in [0.15, 0.2) is 0 Å². The van der Waals surface area contributed by atoms with Crippen LogP contribution in [0.3, 0.4) is 0 Å². The van der Waals surface area contributed by atoms with Gasteiger partial charge in [-0.05, 0) is 12.8 Å². The third-order valence-corrected chi connectivity index (χ3v) is 21.5. The van der Waals surface area contributed by atoms with Gasteiger partial charge >= 0.3 is 256 Å². The minimum Gasteiger partial charge on any atom is -0.0683 e. The summed E-state index contributed by atoms with van der Waals surface area (Å²) in [7, 11) is 0. The molecule has 3 heterocycles. The number of hydrogen-bond acceptors (Lipinski definition) is 6. The zero-order valence-corrected chi connectivity index (χ0v) is 34.6. The summed E-state index contributed by atoms with van der Waals surface area (Å²) in [6.07, 6.45) is 6.04. The van der Waals surface area contributed by atoms with Crippen molar-refractivity contribution < 1.29 is 3.07 Å². The van der Waals surface area contributed by atoms with Gasteiger partial charge in [-0.3, -0.25) is 0 Å². The summed E-state index contributed by atoms with van der Waals surface area (Å²) < 4.78 is 9.69. The smallest absolute Gasteiger partial charge is 0.0683 e. The molecule has 51 heavy (non-hydrogen) atoms. The van der Waals surface area contributed by atoms with Gasteiger partial charge in [0.25, 0.3) is 0 Å². The second-order valence-corrected chi connectivity index (χ2v) is 26.1. The topological polar surface area (TPSA) is 88.7 Å². The van der Waals surface area contributed by atoms with E-state index in [2.05, 4.69) is 109 Å². The molecule has 0 bridgehead atoms. The number of nitrogens with one attached hydrogen (secondary N) is 1. The average Bonchev–Trinajstić information content (AvgIpc) is 4.11. The Morgan fingerprint density at radius 2 is 1.73 bits per heavy atom. The first-order valence-corrected chi connectivity index (χ1v) is 25.0. The molecular weight excluding hydrogens is 765 g/mol. The predicted octanol–water partition coefficient (Wildman–Crippen LogP) is 11.2. The van der Waals surface area contributed by atoms with Crippen LogP contribution < -0.4 is 11.1 Å². The second-order valence-electron chi connectivity index (χ2n) is 12.5.